The van der Waals surface area contributed by atoms with Crippen LogP contribution < -0.4 is 4.74 Å². The van der Waals surface area contributed by atoms with E-state index in [4.69, 9.17) is 4.74 Å². The van der Waals surface area contributed by atoms with Crippen LogP contribution in [0.1, 0.15) is 48.6 Å². The molecule has 3 aromatic rings. The van der Waals surface area contributed by atoms with Crippen molar-refractivity contribution in [1.82, 2.24) is 9.80 Å². The smallest absolute Gasteiger partial charge is 0.261 e. The van der Waals surface area contributed by atoms with Gasteiger partial charge in [0.15, 0.2) is 0 Å². The number of amides is 3. The van der Waals surface area contributed by atoms with Crippen molar-refractivity contribution in [2.75, 3.05) is 20.7 Å². The molecule has 3 aromatic carbocycles. The topological polar surface area (TPSA) is 66.9 Å². The number of fused-ring (bicyclic) bond motifs is 1. The molecule has 0 bridgehead atoms. The average molecular weight is 443 g/mol. The van der Waals surface area contributed by atoms with Gasteiger partial charge in [-0.1, -0.05) is 48.5 Å². The highest BCUT2D eigenvalue weighted by Gasteiger charge is 2.35. The van der Waals surface area contributed by atoms with Crippen LogP contribution in [0.3, 0.4) is 0 Å². The number of hydrogen-bond acceptors (Lipinski definition) is 4. The summed E-state index contributed by atoms with van der Waals surface area (Å²) >= 11 is 0. The number of rotatable bonds is 8. The molecule has 0 fully saturated rings. The monoisotopic (exact) mass is 442 g/mol. The molecule has 0 saturated carbocycles. The molecule has 0 aromatic heterocycles. The Morgan fingerprint density at radius 3 is 2.15 bits per heavy atom. The van der Waals surface area contributed by atoms with E-state index < -0.39 is 0 Å². The minimum atomic E-state index is -0.322. The molecule has 0 saturated heterocycles. The molecule has 168 valence electrons. The minimum Gasteiger partial charge on any atom is -0.496 e. The lowest BCUT2D eigenvalue weighted by Gasteiger charge is -2.20. The fourth-order valence-electron chi connectivity index (χ4n) is 4.06. The van der Waals surface area contributed by atoms with Gasteiger partial charge in [0.1, 0.15) is 5.75 Å². The lowest BCUT2D eigenvalue weighted by atomic mass is 10.1. The maximum absolute atomic E-state index is 13.2. The summed E-state index contributed by atoms with van der Waals surface area (Å²) in [5.41, 5.74) is 3.15. The number of carbonyl (C=O) groups is 3. The van der Waals surface area contributed by atoms with Gasteiger partial charge >= 0.3 is 0 Å². The van der Waals surface area contributed by atoms with Crippen molar-refractivity contribution in [1.29, 1.82) is 0 Å². The first-order valence-corrected chi connectivity index (χ1v) is 10.9. The number of nitrogens with zero attached hydrogens (tertiary/aromatic N) is 2. The summed E-state index contributed by atoms with van der Waals surface area (Å²) in [5.74, 6) is -0.347. The van der Waals surface area contributed by atoms with E-state index in [1.807, 2.05) is 18.2 Å². The van der Waals surface area contributed by atoms with E-state index in [2.05, 4.69) is 12.1 Å². The molecule has 0 spiro atoms. The predicted molar refractivity (Wildman–Crippen MR) is 125 cm³/mol. The third-order valence-corrected chi connectivity index (χ3v) is 5.86. The number of methoxy groups -OCH3 is 1. The molecule has 33 heavy (non-hydrogen) atoms. The number of aryl methyl sites for hydroxylation is 1. The lowest BCUT2D eigenvalue weighted by Crippen LogP contribution is -2.30. The van der Waals surface area contributed by atoms with Gasteiger partial charge in [0.05, 0.1) is 30.3 Å². The van der Waals surface area contributed by atoms with Gasteiger partial charge in [0, 0.05) is 13.6 Å². The molecule has 1 heterocycles. The highest BCUT2D eigenvalue weighted by Crippen LogP contribution is 2.27. The highest BCUT2D eigenvalue weighted by molar-refractivity contribution is 6.21. The van der Waals surface area contributed by atoms with Crippen molar-refractivity contribution < 1.29 is 19.1 Å². The molecular weight excluding hydrogens is 416 g/mol. The Bertz CT molecular complexity index is 1150. The molecule has 0 radical (unpaired) electrons. The molecule has 0 unspecified atom stereocenters. The summed E-state index contributed by atoms with van der Waals surface area (Å²) in [6, 6.07) is 22.1. The third-order valence-electron chi connectivity index (χ3n) is 5.86. The van der Waals surface area contributed by atoms with Crippen molar-refractivity contribution in [3.8, 4) is 5.75 Å². The van der Waals surface area contributed by atoms with Gasteiger partial charge < -0.3 is 9.64 Å². The van der Waals surface area contributed by atoms with Crippen LogP contribution in [-0.2, 0) is 13.0 Å². The molecule has 6 nitrogen and oxygen atoms in total. The predicted octanol–water partition coefficient (Wildman–Crippen LogP) is 4.20. The van der Waals surface area contributed by atoms with E-state index in [1.165, 1.54) is 17.6 Å². The van der Waals surface area contributed by atoms with Crippen molar-refractivity contribution in [2.24, 2.45) is 0 Å². The van der Waals surface area contributed by atoms with E-state index in [-0.39, 0.29) is 24.3 Å². The largest absolute Gasteiger partial charge is 0.496 e. The van der Waals surface area contributed by atoms with Gasteiger partial charge in [0.2, 0.25) is 0 Å². The quantitative estimate of drug-likeness (QED) is 0.491. The van der Waals surface area contributed by atoms with Gasteiger partial charge in [-0.3, -0.25) is 19.3 Å². The van der Waals surface area contributed by atoms with Crippen molar-refractivity contribution in [3.05, 3.63) is 101 Å². The normalized spacial score (nSPS) is 12.6. The summed E-state index contributed by atoms with van der Waals surface area (Å²) in [6.45, 7) is 0.688. The van der Waals surface area contributed by atoms with Crippen LogP contribution in [0.15, 0.2) is 72.8 Å². The number of benzene rings is 3. The van der Waals surface area contributed by atoms with E-state index >= 15 is 0 Å². The average Bonchev–Trinajstić information content (AvgIpc) is 3.09. The highest BCUT2D eigenvalue weighted by atomic mass is 16.5. The maximum Gasteiger partial charge on any atom is 0.261 e. The molecule has 1 aliphatic heterocycles. The van der Waals surface area contributed by atoms with E-state index in [1.54, 1.807) is 54.4 Å². The fourth-order valence-corrected chi connectivity index (χ4v) is 4.06. The Kier molecular flexibility index (Phi) is 6.54. The number of hydrogen-bond donors (Lipinski definition) is 0. The lowest BCUT2D eigenvalue weighted by molar-refractivity contribution is 0.0642. The Morgan fingerprint density at radius 1 is 0.879 bits per heavy atom. The second-order valence-corrected chi connectivity index (χ2v) is 8.09. The molecule has 6 heteroatoms. The first-order valence-electron chi connectivity index (χ1n) is 10.9. The van der Waals surface area contributed by atoms with Gasteiger partial charge in [-0.25, -0.2) is 0 Å². The third kappa shape index (κ3) is 4.65. The second kappa shape index (κ2) is 9.69. The van der Waals surface area contributed by atoms with Gasteiger partial charge in [-0.05, 0) is 48.2 Å². The standard InChI is InChI=1S/C27H26N2O4/c1-28(16-8-11-19-9-4-3-5-10-19)25(30)23-17-20(14-15-24(23)33-2)18-29-26(31)21-12-6-7-13-22(21)27(29)32/h3-7,9-10,12-15,17H,8,11,16,18H2,1-2H3. The first kappa shape index (κ1) is 22.3. The number of carbonyl (C=O) groups excluding carboxylic acids is 3. The number of imide groups is 1. The number of ether oxygens (including phenoxy) is 1. The van der Waals surface area contributed by atoms with Crippen LogP contribution in [-0.4, -0.2) is 48.2 Å². The summed E-state index contributed by atoms with van der Waals surface area (Å²) < 4.78 is 5.41. The first-order chi connectivity index (χ1) is 16.0. The van der Waals surface area contributed by atoms with E-state index in [0.29, 0.717) is 34.5 Å². The molecule has 1 aliphatic rings. The van der Waals surface area contributed by atoms with E-state index in [0.717, 1.165) is 12.8 Å². The van der Waals surface area contributed by atoms with Crippen molar-refractivity contribution in [2.45, 2.75) is 19.4 Å². The zero-order valence-corrected chi connectivity index (χ0v) is 18.8. The van der Waals surface area contributed by atoms with Crippen LogP contribution in [0.25, 0.3) is 0 Å². The van der Waals surface area contributed by atoms with Crippen molar-refractivity contribution in [3.63, 3.8) is 0 Å². The zero-order valence-electron chi connectivity index (χ0n) is 18.8. The second-order valence-electron chi connectivity index (χ2n) is 8.09. The summed E-state index contributed by atoms with van der Waals surface area (Å²) in [4.78, 5) is 41.5. The Labute approximate surface area is 193 Å². The van der Waals surface area contributed by atoms with Crippen LogP contribution in [0.2, 0.25) is 0 Å². The molecule has 0 aliphatic carbocycles. The van der Waals surface area contributed by atoms with Crippen LogP contribution >= 0.6 is 0 Å². The maximum atomic E-state index is 13.2. The molecule has 0 atom stereocenters. The van der Waals surface area contributed by atoms with Gasteiger partial charge in [0.25, 0.3) is 17.7 Å². The molecular formula is C27H26N2O4. The molecule has 3 amide bonds. The zero-order chi connectivity index (χ0) is 23.4. The fraction of sp³-hybridized carbons (Fsp3) is 0.222. The Hall–Kier alpha value is -3.93. The van der Waals surface area contributed by atoms with Crippen LogP contribution in [0.4, 0.5) is 0 Å². The summed E-state index contributed by atoms with van der Waals surface area (Å²) in [7, 11) is 3.29. The minimum absolute atomic E-state index is 0.0916. The van der Waals surface area contributed by atoms with Gasteiger partial charge in [-0.15, -0.1) is 0 Å². The van der Waals surface area contributed by atoms with Crippen LogP contribution in [0.5, 0.6) is 5.75 Å². The SMILES string of the molecule is COc1ccc(CN2C(=O)c3ccccc3C2=O)cc1C(=O)N(C)CCCc1ccccc1. The summed E-state index contributed by atoms with van der Waals surface area (Å²) in [5, 5.41) is 0. The van der Waals surface area contributed by atoms with Gasteiger partial charge in [-0.2, -0.15) is 0 Å². The Balaban J connectivity index is 1.47. The van der Waals surface area contributed by atoms with E-state index in [9.17, 15) is 14.4 Å². The molecule has 4 rings (SSSR count). The van der Waals surface area contributed by atoms with Crippen LogP contribution in [0, 0.1) is 0 Å². The summed E-state index contributed by atoms with van der Waals surface area (Å²) in [6.07, 6.45) is 1.72. The molecule has 0 N–H and O–H groups in total. The van der Waals surface area contributed by atoms with Crippen molar-refractivity contribution >= 4 is 17.7 Å². The Morgan fingerprint density at radius 2 is 1.52 bits per heavy atom.